The first-order chi connectivity index (χ1) is 8.41. The Morgan fingerprint density at radius 2 is 2.29 bits per heavy atom. The maximum absolute atomic E-state index is 6.13. The van der Waals surface area contributed by atoms with Gasteiger partial charge < -0.3 is 10.1 Å². The smallest absolute Gasteiger partial charge is 0.115 e. The van der Waals surface area contributed by atoms with Crippen molar-refractivity contribution in [1.29, 1.82) is 0 Å². The number of morpholine rings is 1. The summed E-state index contributed by atoms with van der Waals surface area (Å²) in [6.07, 6.45) is 7.75. The molecule has 2 saturated heterocycles. The van der Waals surface area contributed by atoms with E-state index in [0.717, 1.165) is 30.9 Å². The van der Waals surface area contributed by atoms with Gasteiger partial charge in [0.25, 0.3) is 0 Å². The van der Waals surface area contributed by atoms with Crippen LogP contribution in [0.4, 0.5) is 0 Å². The van der Waals surface area contributed by atoms with Crippen LogP contribution in [0.3, 0.4) is 0 Å². The van der Waals surface area contributed by atoms with Gasteiger partial charge in [0.15, 0.2) is 0 Å². The molecule has 17 heavy (non-hydrogen) atoms. The predicted octanol–water partition coefficient (Wildman–Crippen LogP) is 1.40. The van der Waals surface area contributed by atoms with E-state index in [9.17, 15) is 0 Å². The Balaban J connectivity index is 1.89. The van der Waals surface area contributed by atoms with Crippen LogP contribution in [0.15, 0.2) is 18.7 Å². The fourth-order valence-corrected chi connectivity index (χ4v) is 3.97. The lowest BCUT2D eigenvalue weighted by atomic mass is 9.85. The van der Waals surface area contributed by atoms with Gasteiger partial charge in [-0.25, -0.2) is 9.97 Å². The Labute approximate surface area is 106 Å². The minimum atomic E-state index is -0.0497. The molecule has 2 aliphatic rings. The van der Waals surface area contributed by atoms with Gasteiger partial charge in [0.2, 0.25) is 0 Å². The van der Waals surface area contributed by atoms with E-state index in [2.05, 4.69) is 15.3 Å². The normalized spacial score (nSPS) is 33.8. The molecule has 2 atom stereocenters. The molecule has 4 nitrogen and oxygen atoms in total. The SMILES string of the molecule is c1ncc(C2NCCOC23CCCSC3)cn1. The summed E-state index contributed by atoms with van der Waals surface area (Å²) >= 11 is 1.99. The number of nitrogens with zero attached hydrogens (tertiary/aromatic N) is 2. The quantitative estimate of drug-likeness (QED) is 0.817. The molecule has 3 heterocycles. The first-order valence-corrected chi connectivity index (χ1v) is 7.26. The fourth-order valence-electron chi connectivity index (χ4n) is 2.74. The lowest BCUT2D eigenvalue weighted by Gasteiger charge is -2.46. The number of aromatic nitrogens is 2. The molecular formula is C12H17N3OS. The van der Waals surface area contributed by atoms with Crippen LogP contribution in [0.2, 0.25) is 0 Å². The van der Waals surface area contributed by atoms with Crippen LogP contribution in [-0.4, -0.2) is 40.2 Å². The maximum atomic E-state index is 6.13. The van der Waals surface area contributed by atoms with Crippen molar-refractivity contribution in [2.45, 2.75) is 24.5 Å². The fraction of sp³-hybridized carbons (Fsp3) is 0.667. The molecular weight excluding hydrogens is 234 g/mol. The highest BCUT2D eigenvalue weighted by Crippen LogP contribution is 2.41. The number of nitrogens with one attached hydrogen (secondary N) is 1. The molecule has 2 aliphatic heterocycles. The highest BCUT2D eigenvalue weighted by molar-refractivity contribution is 7.99. The van der Waals surface area contributed by atoms with Crippen molar-refractivity contribution >= 4 is 11.8 Å². The van der Waals surface area contributed by atoms with E-state index in [-0.39, 0.29) is 11.6 Å². The van der Waals surface area contributed by atoms with Gasteiger partial charge >= 0.3 is 0 Å². The van der Waals surface area contributed by atoms with Crippen LogP contribution >= 0.6 is 11.8 Å². The van der Waals surface area contributed by atoms with Crippen LogP contribution < -0.4 is 5.32 Å². The average molecular weight is 251 g/mol. The van der Waals surface area contributed by atoms with E-state index in [1.165, 1.54) is 12.2 Å². The standard InChI is InChI=1S/C12H17N3OS/c1-2-12(8-17-5-1)11(15-3-4-16-12)10-6-13-9-14-7-10/h6-7,9,11,15H,1-5,8H2. The van der Waals surface area contributed by atoms with E-state index in [1.807, 2.05) is 24.2 Å². The van der Waals surface area contributed by atoms with Crippen molar-refractivity contribution in [3.63, 3.8) is 0 Å². The summed E-state index contributed by atoms with van der Waals surface area (Å²) in [7, 11) is 0. The third-order valence-corrected chi connectivity index (χ3v) is 4.79. The summed E-state index contributed by atoms with van der Waals surface area (Å²) in [5, 5.41) is 3.58. The molecule has 0 aliphatic carbocycles. The molecule has 0 amide bonds. The molecule has 3 rings (SSSR count). The van der Waals surface area contributed by atoms with Crippen LogP contribution in [0.25, 0.3) is 0 Å². The number of rotatable bonds is 1. The molecule has 0 aromatic carbocycles. The molecule has 2 unspecified atom stereocenters. The minimum Gasteiger partial charge on any atom is -0.371 e. The van der Waals surface area contributed by atoms with Gasteiger partial charge in [0.05, 0.1) is 18.2 Å². The van der Waals surface area contributed by atoms with Crippen LogP contribution in [0.1, 0.15) is 24.4 Å². The van der Waals surface area contributed by atoms with E-state index < -0.39 is 0 Å². The molecule has 1 aromatic heterocycles. The van der Waals surface area contributed by atoms with E-state index in [1.54, 1.807) is 6.33 Å². The largest absolute Gasteiger partial charge is 0.371 e. The predicted molar refractivity (Wildman–Crippen MR) is 68.0 cm³/mol. The van der Waals surface area contributed by atoms with Crippen molar-refractivity contribution in [3.8, 4) is 0 Å². The van der Waals surface area contributed by atoms with Gasteiger partial charge in [-0.15, -0.1) is 0 Å². The molecule has 0 saturated carbocycles. The van der Waals surface area contributed by atoms with Crippen molar-refractivity contribution in [3.05, 3.63) is 24.3 Å². The summed E-state index contributed by atoms with van der Waals surface area (Å²) < 4.78 is 6.13. The molecule has 2 fully saturated rings. The number of ether oxygens (including phenoxy) is 1. The Bertz CT molecular complexity index is 359. The van der Waals surface area contributed by atoms with Gasteiger partial charge in [-0.2, -0.15) is 11.8 Å². The lowest BCUT2D eigenvalue weighted by molar-refractivity contribution is -0.0889. The van der Waals surface area contributed by atoms with E-state index in [4.69, 9.17) is 4.74 Å². The second-order valence-electron chi connectivity index (χ2n) is 4.63. The monoisotopic (exact) mass is 251 g/mol. The highest BCUT2D eigenvalue weighted by Gasteiger charge is 2.44. The Hall–Kier alpha value is -0.650. The van der Waals surface area contributed by atoms with Gasteiger partial charge in [-0.05, 0) is 18.6 Å². The van der Waals surface area contributed by atoms with Gasteiger partial charge in [-0.1, -0.05) is 0 Å². The van der Waals surface area contributed by atoms with E-state index >= 15 is 0 Å². The van der Waals surface area contributed by atoms with Crippen LogP contribution in [0.5, 0.6) is 0 Å². The molecule has 1 N–H and O–H groups in total. The van der Waals surface area contributed by atoms with Crippen LogP contribution in [-0.2, 0) is 4.74 Å². The first kappa shape index (κ1) is 11.4. The summed E-state index contributed by atoms with van der Waals surface area (Å²) in [5.74, 6) is 2.32. The van der Waals surface area contributed by atoms with Gasteiger partial charge in [-0.3, -0.25) is 0 Å². The van der Waals surface area contributed by atoms with Crippen molar-refractivity contribution in [2.75, 3.05) is 24.7 Å². The molecule has 1 spiro atoms. The Morgan fingerprint density at radius 3 is 3.06 bits per heavy atom. The van der Waals surface area contributed by atoms with Crippen molar-refractivity contribution < 1.29 is 4.74 Å². The second-order valence-corrected chi connectivity index (χ2v) is 5.73. The Kier molecular flexibility index (Phi) is 3.31. The Morgan fingerprint density at radius 1 is 1.41 bits per heavy atom. The van der Waals surface area contributed by atoms with Crippen molar-refractivity contribution in [2.24, 2.45) is 0 Å². The van der Waals surface area contributed by atoms with E-state index in [0.29, 0.717) is 0 Å². The molecule has 1 aromatic rings. The van der Waals surface area contributed by atoms with Crippen molar-refractivity contribution in [1.82, 2.24) is 15.3 Å². The number of thioether (sulfide) groups is 1. The topological polar surface area (TPSA) is 47.0 Å². The lowest BCUT2D eigenvalue weighted by Crippen LogP contribution is -2.55. The molecule has 0 radical (unpaired) electrons. The number of hydrogen-bond donors (Lipinski definition) is 1. The third kappa shape index (κ3) is 2.19. The minimum absolute atomic E-state index is 0.0497. The zero-order chi connectivity index (χ0) is 11.6. The zero-order valence-corrected chi connectivity index (χ0v) is 10.6. The summed E-state index contributed by atoms with van der Waals surface area (Å²) in [4.78, 5) is 8.25. The first-order valence-electron chi connectivity index (χ1n) is 6.11. The van der Waals surface area contributed by atoms with Gasteiger partial charge in [0, 0.05) is 30.3 Å². The van der Waals surface area contributed by atoms with Gasteiger partial charge in [0.1, 0.15) is 6.33 Å². The second kappa shape index (κ2) is 4.92. The third-order valence-electron chi connectivity index (χ3n) is 3.52. The molecule has 0 bridgehead atoms. The summed E-state index contributed by atoms with van der Waals surface area (Å²) in [6.45, 7) is 1.72. The molecule has 5 heteroatoms. The zero-order valence-electron chi connectivity index (χ0n) is 9.76. The average Bonchev–Trinajstić information content (AvgIpc) is 2.41. The van der Waals surface area contributed by atoms with Crippen LogP contribution in [0, 0.1) is 0 Å². The molecule has 92 valence electrons. The number of hydrogen-bond acceptors (Lipinski definition) is 5. The summed E-state index contributed by atoms with van der Waals surface area (Å²) in [5.41, 5.74) is 1.10. The maximum Gasteiger partial charge on any atom is 0.115 e. The summed E-state index contributed by atoms with van der Waals surface area (Å²) in [6, 6.07) is 0.241. The highest BCUT2D eigenvalue weighted by atomic mass is 32.2.